The molecule has 1 aromatic carbocycles. The molecule has 1 aromatic rings. The number of hydrogen-bond acceptors (Lipinski definition) is 5. The lowest BCUT2D eigenvalue weighted by Gasteiger charge is -2.33. The van der Waals surface area contributed by atoms with Crippen molar-refractivity contribution in [2.24, 2.45) is 5.73 Å². The molecule has 1 saturated carbocycles. The highest BCUT2D eigenvalue weighted by atomic mass is 16.6. The third kappa shape index (κ3) is 3.60. The zero-order chi connectivity index (χ0) is 14.6. The number of rotatable bonds is 5. The summed E-state index contributed by atoms with van der Waals surface area (Å²) in [6, 6.07) is 4.40. The lowest BCUT2D eigenvalue weighted by Crippen LogP contribution is -2.47. The zero-order valence-electron chi connectivity index (χ0n) is 11.6. The van der Waals surface area contributed by atoms with Crippen LogP contribution >= 0.6 is 0 Å². The summed E-state index contributed by atoms with van der Waals surface area (Å²) >= 11 is 0. The molecule has 1 fully saturated rings. The van der Waals surface area contributed by atoms with Gasteiger partial charge < -0.3 is 15.2 Å². The molecule has 0 saturated heterocycles. The number of non-ortho nitro benzene ring substituents is 1. The second kappa shape index (κ2) is 6.09. The van der Waals surface area contributed by atoms with Gasteiger partial charge in [-0.1, -0.05) is 19.3 Å². The van der Waals surface area contributed by atoms with Gasteiger partial charge in [0, 0.05) is 6.07 Å². The summed E-state index contributed by atoms with van der Waals surface area (Å²) in [4.78, 5) is 10.4. The van der Waals surface area contributed by atoms with Crippen LogP contribution in [0.3, 0.4) is 0 Å². The maximum atomic E-state index is 10.9. The first kappa shape index (κ1) is 14.6. The van der Waals surface area contributed by atoms with E-state index in [4.69, 9.17) is 15.2 Å². The number of ether oxygens (including phenoxy) is 2. The minimum Gasteiger partial charge on any atom is -0.496 e. The van der Waals surface area contributed by atoms with Gasteiger partial charge in [-0.3, -0.25) is 10.1 Å². The van der Waals surface area contributed by atoms with Gasteiger partial charge in [0.2, 0.25) is 0 Å². The van der Waals surface area contributed by atoms with Gasteiger partial charge in [-0.25, -0.2) is 0 Å². The number of methoxy groups -OCH3 is 1. The molecule has 0 radical (unpaired) electrons. The number of nitro groups is 1. The Bertz CT molecular complexity index is 484. The van der Waals surface area contributed by atoms with Crippen LogP contribution in [0.15, 0.2) is 18.2 Å². The highest BCUT2D eigenvalue weighted by Crippen LogP contribution is 2.30. The Morgan fingerprint density at radius 2 is 1.90 bits per heavy atom. The third-order valence-corrected chi connectivity index (χ3v) is 3.69. The monoisotopic (exact) mass is 280 g/mol. The Hall–Kier alpha value is -1.82. The first-order chi connectivity index (χ1) is 9.52. The van der Waals surface area contributed by atoms with Gasteiger partial charge in [-0.15, -0.1) is 0 Å². The Morgan fingerprint density at radius 3 is 2.50 bits per heavy atom. The highest BCUT2D eigenvalue weighted by Gasteiger charge is 2.28. The van der Waals surface area contributed by atoms with E-state index in [1.165, 1.54) is 25.7 Å². The molecule has 0 bridgehead atoms. The molecular formula is C14H20N2O4. The topological polar surface area (TPSA) is 87.6 Å². The molecule has 1 aliphatic carbocycles. The van der Waals surface area contributed by atoms with Crippen molar-refractivity contribution < 1.29 is 14.4 Å². The molecule has 6 nitrogen and oxygen atoms in total. The van der Waals surface area contributed by atoms with E-state index in [-0.39, 0.29) is 11.2 Å². The standard InChI is InChI=1S/C14H20N2O4/c1-19-12-7-11(16(17)18)8-13(9-12)20-10-14(15)5-3-2-4-6-14/h7-9H,2-6,10,15H2,1H3. The molecule has 110 valence electrons. The van der Waals surface area contributed by atoms with Gasteiger partial charge in [0.1, 0.15) is 18.1 Å². The third-order valence-electron chi connectivity index (χ3n) is 3.69. The summed E-state index contributed by atoms with van der Waals surface area (Å²) in [5.74, 6) is 0.829. The second-order valence-corrected chi connectivity index (χ2v) is 5.34. The molecule has 2 rings (SSSR count). The highest BCUT2D eigenvalue weighted by molar-refractivity contribution is 5.46. The SMILES string of the molecule is COc1cc(OCC2(N)CCCCC2)cc([N+](=O)[O-])c1. The van der Waals surface area contributed by atoms with Crippen LogP contribution in [0.4, 0.5) is 5.69 Å². The molecule has 0 aromatic heterocycles. The number of nitrogens with two attached hydrogens (primary N) is 1. The quantitative estimate of drug-likeness (QED) is 0.661. The van der Waals surface area contributed by atoms with Crippen molar-refractivity contribution >= 4 is 5.69 Å². The maximum Gasteiger partial charge on any atom is 0.276 e. The number of nitro benzene ring substituents is 1. The van der Waals surface area contributed by atoms with Crippen molar-refractivity contribution in [1.82, 2.24) is 0 Å². The molecule has 0 atom stereocenters. The van der Waals surface area contributed by atoms with Crippen LogP contribution in [0.25, 0.3) is 0 Å². The van der Waals surface area contributed by atoms with Gasteiger partial charge in [-0.2, -0.15) is 0 Å². The van der Waals surface area contributed by atoms with E-state index in [0.29, 0.717) is 18.1 Å². The van der Waals surface area contributed by atoms with Crippen molar-refractivity contribution in [3.8, 4) is 11.5 Å². The smallest absolute Gasteiger partial charge is 0.276 e. The fourth-order valence-electron chi connectivity index (χ4n) is 2.49. The van der Waals surface area contributed by atoms with Crippen LogP contribution in [-0.4, -0.2) is 24.2 Å². The zero-order valence-corrected chi connectivity index (χ0v) is 11.6. The lowest BCUT2D eigenvalue weighted by molar-refractivity contribution is -0.385. The molecule has 20 heavy (non-hydrogen) atoms. The lowest BCUT2D eigenvalue weighted by atomic mass is 9.83. The summed E-state index contributed by atoms with van der Waals surface area (Å²) in [5.41, 5.74) is 5.91. The first-order valence-electron chi connectivity index (χ1n) is 6.78. The average Bonchev–Trinajstić information content (AvgIpc) is 2.45. The number of nitrogens with zero attached hydrogens (tertiary/aromatic N) is 1. The van der Waals surface area contributed by atoms with Crippen molar-refractivity contribution in [1.29, 1.82) is 0 Å². The molecule has 0 heterocycles. The molecule has 0 spiro atoms. The van der Waals surface area contributed by atoms with Crippen molar-refractivity contribution in [2.75, 3.05) is 13.7 Å². The average molecular weight is 280 g/mol. The van der Waals surface area contributed by atoms with E-state index in [1.54, 1.807) is 6.07 Å². The van der Waals surface area contributed by atoms with Crippen LogP contribution in [0, 0.1) is 10.1 Å². The molecule has 0 amide bonds. The summed E-state index contributed by atoms with van der Waals surface area (Å²) in [6.07, 6.45) is 5.29. The van der Waals surface area contributed by atoms with E-state index >= 15 is 0 Å². The minimum absolute atomic E-state index is 0.0472. The van der Waals surface area contributed by atoms with Gasteiger partial charge in [0.05, 0.1) is 29.7 Å². The number of benzene rings is 1. The predicted octanol–water partition coefficient (Wildman–Crippen LogP) is 2.64. The fourth-order valence-corrected chi connectivity index (χ4v) is 2.49. The predicted molar refractivity (Wildman–Crippen MR) is 75.1 cm³/mol. The Balaban J connectivity index is 2.08. The fraction of sp³-hybridized carbons (Fsp3) is 0.571. The largest absolute Gasteiger partial charge is 0.496 e. The van der Waals surface area contributed by atoms with Gasteiger partial charge in [0.25, 0.3) is 5.69 Å². The van der Waals surface area contributed by atoms with E-state index in [9.17, 15) is 10.1 Å². The van der Waals surface area contributed by atoms with Crippen LogP contribution in [-0.2, 0) is 0 Å². The van der Waals surface area contributed by atoms with Crippen LogP contribution in [0.2, 0.25) is 0 Å². The normalized spacial score (nSPS) is 17.5. The summed E-state index contributed by atoms with van der Waals surface area (Å²) in [6.45, 7) is 0.372. The van der Waals surface area contributed by atoms with Crippen LogP contribution in [0.5, 0.6) is 11.5 Å². The second-order valence-electron chi connectivity index (χ2n) is 5.34. The first-order valence-corrected chi connectivity index (χ1v) is 6.78. The van der Waals surface area contributed by atoms with Gasteiger partial charge >= 0.3 is 0 Å². The van der Waals surface area contributed by atoms with Crippen molar-refractivity contribution in [3.05, 3.63) is 28.3 Å². The van der Waals surface area contributed by atoms with E-state index < -0.39 is 4.92 Å². The molecule has 0 unspecified atom stereocenters. The van der Waals surface area contributed by atoms with E-state index in [1.807, 2.05) is 0 Å². The molecule has 0 aliphatic heterocycles. The Kier molecular flexibility index (Phi) is 4.44. The summed E-state index contributed by atoms with van der Waals surface area (Å²) < 4.78 is 10.7. The minimum atomic E-state index is -0.464. The molecule has 2 N–H and O–H groups in total. The molecular weight excluding hydrogens is 260 g/mol. The van der Waals surface area contributed by atoms with Crippen molar-refractivity contribution in [2.45, 2.75) is 37.6 Å². The summed E-state index contributed by atoms with van der Waals surface area (Å²) in [5, 5.41) is 10.9. The van der Waals surface area contributed by atoms with Crippen molar-refractivity contribution in [3.63, 3.8) is 0 Å². The summed E-state index contributed by atoms with van der Waals surface area (Å²) in [7, 11) is 1.47. The molecule has 1 aliphatic rings. The van der Waals surface area contributed by atoms with Gasteiger partial charge in [-0.05, 0) is 12.8 Å². The van der Waals surface area contributed by atoms with Crippen LogP contribution in [0.1, 0.15) is 32.1 Å². The van der Waals surface area contributed by atoms with Gasteiger partial charge in [0.15, 0.2) is 0 Å². The Labute approximate surface area is 118 Å². The van der Waals surface area contributed by atoms with Crippen LogP contribution < -0.4 is 15.2 Å². The Morgan fingerprint density at radius 1 is 1.25 bits per heavy atom. The van der Waals surface area contributed by atoms with E-state index in [2.05, 4.69) is 0 Å². The number of hydrogen-bond donors (Lipinski definition) is 1. The maximum absolute atomic E-state index is 10.9. The molecule has 6 heteroatoms. The van der Waals surface area contributed by atoms with E-state index in [0.717, 1.165) is 25.7 Å².